The van der Waals surface area contributed by atoms with E-state index in [1.165, 1.54) is 89.9 Å². The van der Waals surface area contributed by atoms with Crippen molar-refractivity contribution in [3.63, 3.8) is 0 Å². The molecule has 3 atom stereocenters. The van der Waals surface area contributed by atoms with Crippen molar-refractivity contribution in [2.24, 2.45) is 5.41 Å². The van der Waals surface area contributed by atoms with Gasteiger partial charge in [-0.25, -0.2) is 0 Å². The second-order valence-corrected chi connectivity index (χ2v) is 12.6. The van der Waals surface area contributed by atoms with E-state index in [1.54, 1.807) is 18.7 Å². The third-order valence-corrected chi connectivity index (χ3v) is 8.54. The first kappa shape index (κ1) is 38.8. The number of aliphatic hydroxyl groups is 4. The standard InChI is InChI=1S/C15H32O4.C15H30O2S/c1-2-3-4-5-6-7-8-9-10-14(19)15(11-16,12-17)13-18;1-4-5-6-7-8-9-10-11-12-13(2)18-14(3)15(16)17/h14,16-19H,2-13H2,1H3;13-14H,4-12H2,1-3H3,(H,16,17). The van der Waals surface area contributed by atoms with Crippen LogP contribution in [0.4, 0.5) is 0 Å². The summed E-state index contributed by atoms with van der Waals surface area (Å²) in [7, 11) is 0. The number of thioether (sulfide) groups is 1. The molecule has 0 aromatic carbocycles. The van der Waals surface area contributed by atoms with Crippen LogP contribution in [0.1, 0.15) is 143 Å². The average Bonchev–Trinajstić information content (AvgIpc) is 2.89. The Morgan fingerprint density at radius 3 is 1.35 bits per heavy atom. The van der Waals surface area contributed by atoms with Crippen molar-refractivity contribution in [2.45, 2.75) is 160 Å². The molecule has 0 aliphatic carbocycles. The summed E-state index contributed by atoms with van der Waals surface area (Å²) in [6.07, 6.45) is 21.1. The molecule has 0 saturated heterocycles. The zero-order valence-corrected chi connectivity index (χ0v) is 25.5. The van der Waals surface area contributed by atoms with Crippen molar-refractivity contribution < 1.29 is 30.3 Å². The minimum atomic E-state index is -1.15. The molecule has 0 rings (SSSR count). The Hall–Kier alpha value is -0.340. The number of hydrogen-bond donors (Lipinski definition) is 5. The van der Waals surface area contributed by atoms with E-state index >= 15 is 0 Å². The molecule has 224 valence electrons. The van der Waals surface area contributed by atoms with Gasteiger partial charge in [0.2, 0.25) is 0 Å². The summed E-state index contributed by atoms with van der Waals surface area (Å²) in [6.45, 7) is 7.20. The molecule has 0 radical (unpaired) electrons. The molecule has 0 heterocycles. The first-order valence-corrected chi connectivity index (χ1v) is 16.1. The lowest BCUT2D eigenvalue weighted by atomic mass is 9.82. The fourth-order valence-electron chi connectivity index (χ4n) is 4.28. The third kappa shape index (κ3) is 22.2. The van der Waals surface area contributed by atoms with Gasteiger partial charge in [-0.05, 0) is 19.8 Å². The maximum atomic E-state index is 10.7. The van der Waals surface area contributed by atoms with Gasteiger partial charge in [-0.15, -0.1) is 11.8 Å². The van der Waals surface area contributed by atoms with Gasteiger partial charge in [-0.3, -0.25) is 4.79 Å². The summed E-state index contributed by atoms with van der Waals surface area (Å²) in [5, 5.41) is 46.5. The minimum absolute atomic E-state index is 0.269. The van der Waals surface area contributed by atoms with Crippen LogP contribution in [0.15, 0.2) is 0 Å². The predicted octanol–water partition coefficient (Wildman–Crippen LogP) is 6.95. The van der Waals surface area contributed by atoms with Crippen LogP contribution in [0.5, 0.6) is 0 Å². The van der Waals surface area contributed by atoms with Gasteiger partial charge in [0.25, 0.3) is 0 Å². The second-order valence-electron chi connectivity index (χ2n) is 10.8. The van der Waals surface area contributed by atoms with Crippen LogP contribution in [0.25, 0.3) is 0 Å². The lowest BCUT2D eigenvalue weighted by Gasteiger charge is -2.32. The fourth-order valence-corrected chi connectivity index (χ4v) is 5.40. The van der Waals surface area contributed by atoms with E-state index in [2.05, 4.69) is 20.8 Å². The molecule has 5 N–H and O–H groups in total. The third-order valence-electron chi connectivity index (χ3n) is 7.23. The number of aliphatic hydroxyl groups excluding tert-OH is 4. The van der Waals surface area contributed by atoms with Crippen LogP contribution in [0.2, 0.25) is 0 Å². The molecular weight excluding hydrogens is 488 g/mol. The summed E-state index contributed by atoms with van der Waals surface area (Å²) in [6, 6.07) is 0. The topological polar surface area (TPSA) is 118 Å². The Morgan fingerprint density at radius 1 is 0.649 bits per heavy atom. The summed E-state index contributed by atoms with van der Waals surface area (Å²) < 4.78 is 0. The molecule has 0 aromatic heterocycles. The number of carboxylic acids is 1. The smallest absolute Gasteiger partial charge is 0.316 e. The van der Waals surface area contributed by atoms with Crippen LogP contribution in [0.3, 0.4) is 0 Å². The van der Waals surface area contributed by atoms with Crippen molar-refractivity contribution in [2.75, 3.05) is 19.8 Å². The lowest BCUT2D eigenvalue weighted by Crippen LogP contribution is -2.45. The molecule has 7 heteroatoms. The van der Waals surface area contributed by atoms with E-state index in [0.29, 0.717) is 11.7 Å². The van der Waals surface area contributed by atoms with Crippen LogP contribution >= 0.6 is 11.8 Å². The SMILES string of the molecule is CCCCCCCCCCC(C)SC(C)C(=O)O.CCCCCCCCCCC(O)C(CO)(CO)CO. The summed E-state index contributed by atoms with van der Waals surface area (Å²) >= 11 is 1.58. The highest BCUT2D eigenvalue weighted by Crippen LogP contribution is 2.25. The normalized spacial score (nSPS) is 14.1. The van der Waals surface area contributed by atoms with Crippen LogP contribution in [-0.2, 0) is 4.79 Å². The second kappa shape index (κ2) is 27.2. The maximum absolute atomic E-state index is 10.7. The van der Waals surface area contributed by atoms with E-state index in [0.717, 1.165) is 19.3 Å². The highest BCUT2D eigenvalue weighted by Gasteiger charge is 2.36. The molecular formula is C30H62O6S. The summed E-state index contributed by atoms with van der Waals surface area (Å²) in [4.78, 5) is 10.7. The van der Waals surface area contributed by atoms with E-state index in [4.69, 9.17) is 5.11 Å². The lowest BCUT2D eigenvalue weighted by molar-refractivity contribution is -0.136. The Labute approximate surface area is 233 Å². The molecule has 6 nitrogen and oxygen atoms in total. The zero-order valence-electron chi connectivity index (χ0n) is 24.6. The molecule has 0 spiro atoms. The quantitative estimate of drug-likeness (QED) is 0.0780. The fraction of sp³-hybridized carbons (Fsp3) is 0.967. The van der Waals surface area contributed by atoms with Crippen LogP contribution < -0.4 is 0 Å². The zero-order chi connectivity index (χ0) is 28.4. The molecule has 3 unspecified atom stereocenters. The van der Waals surface area contributed by atoms with Gasteiger partial charge in [-0.2, -0.15) is 0 Å². The Bertz CT molecular complexity index is 478. The van der Waals surface area contributed by atoms with Crippen molar-refractivity contribution in [3.05, 3.63) is 0 Å². The average molecular weight is 551 g/mol. The van der Waals surface area contributed by atoms with Crippen molar-refractivity contribution in [3.8, 4) is 0 Å². The van der Waals surface area contributed by atoms with E-state index in [9.17, 15) is 25.2 Å². The molecule has 0 amide bonds. The van der Waals surface area contributed by atoms with Gasteiger partial charge in [0.05, 0.1) is 36.6 Å². The number of hydrogen-bond acceptors (Lipinski definition) is 6. The van der Waals surface area contributed by atoms with Crippen molar-refractivity contribution >= 4 is 17.7 Å². The predicted molar refractivity (Wildman–Crippen MR) is 158 cm³/mol. The number of aliphatic carboxylic acids is 1. The van der Waals surface area contributed by atoms with E-state index < -0.39 is 37.3 Å². The largest absolute Gasteiger partial charge is 0.480 e. The Kier molecular flexibility index (Phi) is 28.6. The number of carboxylic acid groups (broad SMARTS) is 1. The summed E-state index contributed by atoms with van der Waals surface area (Å²) in [5.74, 6) is -0.692. The molecule has 0 aliphatic heterocycles. The number of rotatable bonds is 25. The van der Waals surface area contributed by atoms with Gasteiger partial charge in [0.1, 0.15) is 0 Å². The van der Waals surface area contributed by atoms with E-state index in [-0.39, 0.29) is 5.25 Å². The minimum Gasteiger partial charge on any atom is -0.480 e. The maximum Gasteiger partial charge on any atom is 0.316 e. The van der Waals surface area contributed by atoms with Crippen LogP contribution in [0, 0.1) is 5.41 Å². The molecule has 0 aromatic rings. The highest BCUT2D eigenvalue weighted by atomic mass is 32.2. The number of carbonyl (C=O) groups is 1. The van der Waals surface area contributed by atoms with Crippen molar-refractivity contribution in [1.82, 2.24) is 0 Å². The van der Waals surface area contributed by atoms with E-state index in [1.807, 2.05) is 0 Å². The van der Waals surface area contributed by atoms with Crippen molar-refractivity contribution in [1.29, 1.82) is 0 Å². The van der Waals surface area contributed by atoms with Gasteiger partial charge in [0.15, 0.2) is 0 Å². The molecule has 37 heavy (non-hydrogen) atoms. The van der Waals surface area contributed by atoms with Crippen LogP contribution in [-0.4, -0.2) is 67.9 Å². The number of unbranched alkanes of at least 4 members (excludes halogenated alkanes) is 14. The van der Waals surface area contributed by atoms with Gasteiger partial charge in [0, 0.05) is 5.25 Å². The monoisotopic (exact) mass is 550 g/mol. The Balaban J connectivity index is 0. The first-order chi connectivity index (χ1) is 17.7. The summed E-state index contributed by atoms with van der Waals surface area (Å²) in [5.41, 5.74) is -1.15. The van der Waals surface area contributed by atoms with Gasteiger partial charge in [-0.1, -0.05) is 124 Å². The first-order valence-electron chi connectivity index (χ1n) is 15.1. The molecule has 0 fully saturated rings. The Morgan fingerprint density at radius 2 is 1.00 bits per heavy atom. The highest BCUT2D eigenvalue weighted by molar-refractivity contribution is 8.01. The molecule has 0 bridgehead atoms. The van der Waals surface area contributed by atoms with Gasteiger partial charge >= 0.3 is 5.97 Å². The molecule has 0 saturated carbocycles. The van der Waals surface area contributed by atoms with Gasteiger partial charge < -0.3 is 25.5 Å². The molecule has 0 aliphatic rings.